The highest BCUT2D eigenvalue weighted by atomic mass is 16.5. The number of hydrogen-bond acceptors (Lipinski definition) is 4. The maximum absolute atomic E-state index is 5.64. The maximum Gasteiger partial charge on any atom is 0.119 e. The molecule has 0 saturated carbocycles. The quantitative estimate of drug-likeness (QED) is 0.0800. The molecular formula is C124H86N2O2. The Hall–Kier alpha value is -16.4. The van der Waals surface area contributed by atoms with Gasteiger partial charge in [-0.15, -0.1) is 0 Å². The van der Waals surface area contributed by atoms with Crippen LogP contribution >= 0.6 is 0 Å². The number of para-hydroxylation sites is 4. The second kappa shape index (κ2) is 32.0. The third-order valence-corrected chi connectivity index (χ3v) is 26.2. The van der Waals surface area contributed by atoms with Gasteiger partial charge in [0.05, 0.1) is 25.6 Å². The van der Waals surface area contributed by atoms with E-state index in [0.29, 0.717) is 0 Å². The van der Waals surface area contributed by atoms with Crippen molar-refractivity contribution in [2.45, 2.75) is 13.8 Å². The normalized spacial score (nSPS) is 11.6. The summed E-state index contributed by atoms with van der Waals surface area (Å²) in [6.07, 6.45) is 0. The van der Waals surface area contributed by atoms with Crippen molar-refractivity contribution < 1.29 is 9.47 Å². The highest BCUT2D eigenvalue weighted by Crippen LogP contribution is 2.57. The summed E-state index contributed by atoms with van der Waals surface area (Å²) in [6, 6.07) is 165. The van der Waals surface area contributed by atoms with Gasteiger partial charge in [-0.05, 0) is 309 Å². The molecule has 0 aliphatic heterocycles. The van der Waals surface area contributed by atoms with Crippen molar-refractivity contribution in [2.24, 2.45) is 0 Å². The van der Waals surface area contributed by atoms with E-state index in [1.807, 2.05) is 0 Å². The van der Waals surface area contributed by atoms with E-state index >= 15 is 0 Å². The van der Waals surface area contributed by atoms with Crippen molar-refractivity contribution in [2.75, 3.05) is 24.0 Å². The zero-order valence-corrected chi connectivity index (χ0v) is 71.4. The number of hydrogen-bond donors (Lipinski definition) is 0. The summed E-state index contributed by atoms with van der Waals surface area (Å²) >= 11 is 0. The molecule has 0 unspecified atom stereocenters. The number of rotatable bonds is 14. The van der Waals surface area contributed by atoms with Crippen LogP contribution in [0.15, 0.2) is 449 Å². The Morgan fingerprint density at radius 2 is 0.383 bits per heavy atom. The molecule has 0 N–H and O–H groups in total. The van der Waals surface area contributed by atoms with Gasteiger partial charge in [-0.2, -0.15) is 0 Å². The van der Waals surface area contributed by atoms with E-state index < -0.39 is 0 Å². The summed E-state index contributed by atoms with van der Waals surface area (Å²) in [5.41, 5.74) is 23.7. The van der Waals surface area contributed by atoms with Crippen molar-refractivity contribution >= 4 is 163 Å². The SMILES string of the molecule is COc1ccc2cc(-c3c4ccccc4c(-c4ccc5cc(OC)ccc5c4)c4cc5c(cc34)c(-c3ccccc3)c(N(c3ccccc3)c3ccccc3)c3ccccc35)ccc2c1.Cc1ccc2cc(-c3c4ccccc4c(-c4ccc5cc(C)ccc5c4)c4cc5c(cc34)c(-c3ccccc3)c(N(c3ccccc3)c3ccccc3)c3ccccc35)ccc2c1. The van der Waals surface area contributed by atoms with Gasteiger partial charge in [-0.1, -0.05) is 339 Å². The molecule has 0 fully saturated rings. The summed E-state index contributed by atoms with van der Waals surface area (Å²) in [6.45, 7) is 4.34. The smallest absolute Gasteiger partial charge is 0.119 e. The maximum atomic E-state index is 5.64. The Bertz CT molecular complexity index is 8450. The molecule has 0 aliphatic rings. The van der Waals surface area contributed by atoms with Crippen LogP contribution in [-0.4, -0.2) is 14.2 Å². The first-order valence-corrected chi connectivity index (χ1v) is 44.1. The van der Waals surface area contributed by atoms with E-state index in [1.54, 1.807) is 14.2 Å². The first kappa shape index (κ1) is 76.5. The lowest BCUT2D eigenvalue weighted by molar-refractivity contribution is 0.415. The van der Waals surface area contributed by atoms with Crippen molar-refractivity contribution in [3.05, 3.63) is 460 Å². The van der Waals surface area contributed by atoms with Crippen molar-refractivity contribution in [1.82, 2.24) is 0 Å². The van der Waals surface area contributed by atoms with Crippen LogP contribution in [0.2, 0.25) is 0 Å². The molecule has 128 heavy (non-hydrogen) atoms. The van der Waals surface area contributed by atoms with Crippen LogP contribution < -0.4 is 19.3 Å². The van der Waals surface area contributed by atoms with Crippen molar-refractivity contribution in [3.63, 3.8) is 0 Å². The van der Waals surface area contributed by atoms with Crippen LogP contribution in [0.3, 0.4) is 0 Å². The van der Waals surface area contributed by atoms with Gasteiger partial charge in [-0.3, -0.25) is 0 Å². The Balaban J connectivity index is 0.000000147. The van der Waals surface area contributed by atoms with E-state index in [0.717, 1.165) is 72.9 Å². The zero-order chi connectivity index (χ0) is 85.5. The summed E-state index contributed by atoms with van der Waals surface area (Å²) in [5, 5.41) is 29.0. The van der Waals surface area contributed by atoms with E-state index in [4.69, 9.17) is 9.47 Å². The van der Waals surface area contributed by atoms with Gasteiger partial charge in [0, 0.05) is 44.6 Å². The molecule has 24 aromatic carbocycles. The van der Waals surface area contributed by atoms with Crippen LogP contribution in [0.25, 0.3) is 196 Å². The van der Waals surface area contributed by atoms with Crippen LogP contribution in [-0.2, 0) is 0 Å². The lowest BCUT2D eigenvalue weighted by Gasteiger charge is -2.31. The van der Waals surface area contributed by atoms with Gasteiger partial charge in [0.1, 0.15) is 11.5 Å². The standard InChI is InChI=1S/C62H43NO2.C62H43N/c1-64-49-32-30-41-34-45(28-26-43(41)36-49)59-52-23-13-14-24-53(52)60(46-29-27-44-37-50(65-2)33-31-42(44)35-46)58-39-56-55(38-57(58)59)51-22-12-15-25-54(51)62(61(56)40-16-6-3-7-17-40)63(47-18-8-4-9-19-47)48-20-10-5-11-21-48;1-40-26-28-45-36-47(32-30-43(45)34-40)59-52-23-13-14-24-53(52)60(48-33-31-44-35-41(2)27-29-46(44)37-48)58-39-56-55(38-57(58)59)51-22-12-15-25-54(51)62(61(56)42-16-6-3-7-17-42)63(49-18-8-4-9-19-49)50-20-10-5-11-21-50/h3-39H,1-2H3;3-39H,1-2H3. The number of ether oxygens (including phenoxy) is 2. The fourth-order valence-electron chi connectivity index (χ4n) is 20.4. The molecule has 4 heteroatoms. The molecule has 0 radical (unpaired) electrons. The molecular weight excluding hydrogens is 1550 g/mol. The van der Waals surface area contributed by atoms with Gasteiger partial charge < -0.3 is 19.3 Å². The molecule has 0 heterocycles. The molecule has 0 aromatic heterocycles. The molecule has 604 valence electrons. The Labute approximate surface area is 743 Å². The van der Waals surface area contributed by atoms with E-state index in [2.05, 4.69) is 473 Å². The van der Waals surface area contributed by atoms with E-state index in [1.165, 1.54) is 180 Å². The van der Waals surface area contributed by atoms with Gasteiger partial charge >= 0.3 is 0 Å². The number of aryl methyl sites for hydroxylation is 2. The fraction of sp³-hybridized carbons (Fsp3) is 0.0323. The van der Waals surface area contributed by atoms with Gasteiger partial charge in [0.2, 0.25) is 0 Å². The Morgan fingerprint density at radius 3 is 0.680 bits per heavy atom. The highest BCUT2D eigenvalue weighted by molar-refractivity contribution is 6.33. The number of nitrogens with zero attached hydrogens (tertiary/aromatic N) is 2. The zero-order valence-electron chi connectivity index (χ0n) is 71.4. The molecule has 0 atom stereocenters. The van der Waals surface area contributed by atoms with Crippen molar-refractivity contribution in [1.29, 1.82) is 0 Å². The lowest BCUT2D eigenvalue weighted by Crippen LogP contribution is -2.12. The number of benzene rings is 24. The topological polar surface area (TPSA) is 24.9 Å². The van der Waals surface area contributed by atoms with Gasteiger partial charge in [0.15, 0.2) is 0 Å². The predicted octanol–water partition coefficient (Wildman–Crippen LogP) is 34.8. The van der Waals surface area contributed by atoms with Crippen LogP contribution in [0.1, 0.15) is 11.1 Å². The van der Waals surface area contributed by atoms with Crippen LogP contribution in [0, 0.1) is 13.8 Å². The Kier molecular flexibility index (Phi) is 19.2. The lowest BCUT2D eigenvalue weighted by atomic mass is 9.82. The minimum absolute atomic E-state index is 0.849. The van der Waals surface area contributed by atoms with Crippen LogP contribution in [0.5, 0.6) is 11.5 Å². The average Bonchev–Trinajstić information content (AvgIpc) is 0.706. The minimum Gasteiger partial charge on any atom is -0.497 e. The molecule has 24 aromatic rings. The first-order chi connectivity index (χ1) is 63.2. The molecule has 0 aliphatic carbocycles. The summed E-state index contributed by atoms with van der Waals surface area (Å²) in [4.78, 5) is 4.91. The summed E-state index contributed by atoms with van der Waals surface area (Å²) < 4.78 is 11.3. The summed E-state index contributed by atoms with van der Waals surface area (Å²) in [5.74, 6) is 1.70. The third-order valence-electron chi connectivity index (χ3n) is 26.2. The number of anilines is 6. The molecule has 0 saturated heterocycles. The second-order valence-corrected chi connectivity index (χ2v) is 33.7. The molecule has 0 amide bonds. The fourth-order valence-corrected chi connectivity index (χ4v) is 20.4. The monoisotopic (exact) mass is 1630 g/mol. The van der Waals surface area contributed by atoms with Gasteiger partial charge in [-0.25, -0.2) is 0 Å². The number of fused-ring (bicyclic) bond motifs is 14. The van der Waals surface area contributed by atoms with Crippen LogP contribution in [0.4, 0.5) is 34.1 Å². The first-order valence-electron chi connectivity index (χ1n) is 44.1. The van der Waals surface area contributed by atoms with Crippen molar-refractivity contribution in [3.8, 4) is 78.3 Å². The molecule has 0 spiro atoms. The predicted molar refractivity (Wildman–Crippen MR) is 548 cm³/mol. The van der Waals surface area contributed by atoms with Gasteiger partial charge in [0.25, 0.3) is 0 Å². The second-order valence-electron chi connectivity index (χ2n) is 33.7. The van der Waals surface area contributed by atoms with E-state index in [-0.39, 0.29) is 0 Å². The minimum atomic E-state index is 0.849. The molecule has 0 bridgehead atoms. The summed E-state index contributed by atoms with van der Waals surface area (Å²) in [7, 11) is 3.45. The largest absolute Gasteiger partial charge is 0.497 e. The number of methoxy groups -OCH3 is 2. The molecule has 4 nitrogen and oxygen atoms in total. The Morgan fingerprint density at radius 1 is 0.156 bits per heavy atom. The molecule has 24 rings (SSSR count). The third kappa shape index (κ3) is 13.3. The average molecular weight is 1640 g/mol. The highest BCUT2D eigenvalue weighted by Gasteiger charge is 2.30. The van der Waals surface area contributed by atoms with E-state index in [9.17, 15) is 0 Å².